The number of benzene rings is 1. The molecule has 0 aromatic heterocycles. The third-order valence-corrected chi connectivity index (χ3v) is 5.27. The van der Waals surface area contributed by atoms with Gasteiger partial charge in [0.25, 0.3) is 0 Å². The molecule has 0 N–H and O–H groups in total. The van der Waals surface area contributed by atoms with E-state index in [1.54, 1.807) is 12.1 Å². The number of hydrogen-bond acceptors (Lipinski definition) is 2. The molecule has 0 atom stereocenters. The second-order valence-corrected chi connectivity index (χ2v) is 7.16. The number of sulfone groups is 1. The van der Waals surface area contributed by atoms with Crippen LogP contribution < -0.4 is 0 Å². The summed E-state index contributed by atoms with van der Waals surface area (Å²) < 4.78 is 24.7. The van der Waals surface area contributed by atoms with Crippen molar-refractivity contribution in [1.29, 1.82) is 0 Å². The molecule has 1 aromatic rings. The molecule has 0 saturated carbocycles. The normalized spacial score (nSPS) is 18.4. The Morgan fingerprint density at radius 2 is 1.89 bits per heavy atom. The molecule has 0 bridgehead atoms. The van der Waals surface area contributed by atoms with Crippen molar-refractivity contribution in [1.82, 2.24) is 0 Å². The average Bonchev–Trinajstić information content (AvgIpc) is 2.40. The van der Waals surface area contributed by atoms with E-state index < -0.39 is 9.84 Å². The Balaban J connectivity index is 2.24. The maximum absolute atomic E-state index is 12.3. The van der Waals surface area contributed by atoms with Gasteiger partial charge in [-0.25, -0.2) is 8.42 Å². The zero-order valence-electron chi connectivity index (χ0n) is 11.5. The first-order chi connectivity index (χ1) is 8.99. The summed E-state index contributed by atoms with van der Waals surface area (Å²) in [6.07, 6.45) is 7.41. The molecule has 0 fully saturated rings. The van der Waals surface area contributed by atoms with E-state index in [-0.39, 0.29) is 5.75 Å². The van der Waals surface area contributed by atoms with Crippen LogP contribution in [-0.4, -0.2) is 14.2 Å². The quantitative estimate of drug-likeness (QED) is 0.841. The minimum absolute atomic E-state index is 0.121. The van der Waals surface area contributed by atoms with E-state index in [1.807, 2.05) is 26.0 Å². The van der Waals surface area contributed by atoms with E-state index >= 15 is 0 Å². The second kappa shape index (κ2) is 5.74. The third kappa shape index (κ3) is 3.57. The van der Waals surface area contributed by atoms with Crippen molar-refractivity contribution in [3.8, 4) is 0 Å². The van der Waals surface area contributed by atoms with Crippen molar-refractivity contribution < 1.29 is 8.42 Å². The van der Waals surface area contributed by atoms with Crippen LogP contribution in [0.5, 0.6) is 0 Å². The van der Waals surface area contributed by atoms with Crippen LogP contribution in [-0.2, 0) is 9.84 Å². The molecule has 0 aliphatic heterocycles. The lowest BCUT2D eigenvalue weighted by Gasteiger charge is -2.12. The van der Waals surface area contributed by atoms with E-state index in [0.717, 1.165) is 30.4 Å². The molecule has 102 valence electrons. The first-order valence-corrected chi connectivity index (χ1v) is 8.29. The summed E-state index contributed by atoms with van der Waals surface area (Å²) in [4.78, 5) is 0.415. The molecule has 0 spiro atoms. The molecule has 0 saturated heterocycles. The van der Waals surface area contributed by atoms with E-state index in [1.165, 1.54) is 5.57 Å². The van der Waals surface area contributed by atoms with Gasteiger partial charge in [0.15, 0.2) is 9.84 Å². The van der Waals surface area contributed by atoms with Crippen LogP contribution in [0.1, 0.15) is 31.7 Å². The van der Waals surface area contributed by atoms with Crippen LogP contribution in [0.4, 0.5) is 0 Å². The number of aryl methyl sites for hydroxylation is 1. The zero-order valence-corrected chi connectivity index (χ0v) is 12.3. The van der Waals surface area contributed by atoms with Gasteiger partial charge in [-0.15, -0.1) is 0 Å². The van der Waals surface area contributed by atoms with Gasteiger partial charge in [0.2, 0.25) is 0 Å². The van der Waals surface area contributed by atoms with Crippen molar-refractivity contribution in [2.75, 3.05) is 5.75 Å². The Morgan fingerprint density at radius 1 is 1.21 bits per heavy atom. The van der Waals surface area contributed by atoms with Gasteiger partial charge >= 0.3 is 0 Å². The smallest absolute Gasteiger partial charge is 0.182 e. The fourth-order valence-corrected chi connectivity index (χ4v) is 3.75. The van der Waals surface area contributed by atoms with Crippen LogP contribution in [0.15, 0.2) is 52.5 Å². The topological polar surface area (TPSA) is 34.1 Å². The van der Waals surface area contributed by atoms with Gasteiger partial charge in [0, 0.05) is 0 Å². The van der Waals surface area contributed by atoms with Gasteiger partial charge < -0.3 is 0 Å². The van der Waals surface area contributed by atoms with Crippen molar-refractivity contribution in [2.24, 2.45) is 0 Å². The molecule has 0 unspecified atom stereocenters. The summed E-state index contributed by atoms with van der Waals surface area (Å²) in [5, 5.41) is 0. The Morgan fingerprint density at radius 3 is 2.47 bits per heavy atom. The highest BCUT2D eigenvalue weighted by Crippen LogP contribution is 2.22. The molecule has 3 heteroatoms. The number of hydrogen-bond donors (Lipinski definition) is 0. The summed E-state index contributed by atoms with van der Waals surface area (Å²) in [7, 11) is -3.22. The van der Waals surface area contributed by atoms with Gasteiger partial charge in [0.1, 0.15) is 0 Å². The van der Waals surface area contributed by atoms with Crippen LogP contribution in [0.25, 0.3) is 0 Å². The molecule has 0 amide bonds. The minimum Gasteiger partial charge on any atom is -0.223 e. The lowest BCUT2D eigenvalue weighted by Crippen LogP contribution is -2.09. The van der Waals surface area contributed by atoms with Gasteiger partial charge in [-0.05, 0) is 50.8 Å². The highest BCUT2D eigenvalue weighted by atomic mass is 32.2. The zero-order chi connectivity index (χ0) is 13.9. The molecule has 1 aromatic carbocycles. The molecule has 2 rings (SSSR count). The third-order valence-electron chi connectivity index (χ3n) is 3.47. The molecule has 0 heterocycles. The Labute approximate surface area is 115 Å². The van der Waals surface area contributed by atoms with Crippen LogP contribution >= 0.6 is 0 Å². The molecule has 0 radical (unpaired) electrons. The average molecular weight is 276 g/mol. The lowest BCUT2D eigenvalue weighted by molar-refractivity contribution is 0.598. The van der Waals surface area contributed by atoms with E-state index in [0.29, 0.717) is 4.90 Å². The fraction of sp³-hybridized carbons (Fsp3) is 0.375. The molecule has 1 aliphatic carbocycles. The second-order valence-electron chi connectivity index (χ2n) is 5.17. The number of rotatable bonds is 3. The predicted molar refractivity (Wildman–Crippen MR) is 78.9 cm³/mol. The Hall–Kier alpha value is -1.35. The standard InChI is InChI=1S/C16H20O2S/c1-13-8-10-16(11-9-13)19(17,18)12-14(2)15-6-4-3-5-7-15/h4,6,8-11H,3,5,7,12H2,1-2H3/b15-14+. The van der Waals surface area contributed by atoms with E-state index in [4.69, 9.17) is 0 Å². The fourth-order valence-electron chi connectivity index (χ4n) is 2.28. The maximum Gasteiger partial charge on any atom is 0.182 e. The van der Waals surface area contributed by atoms with E-state index in [9.17, 15) is 8.42 Å². The van der Waals surface area contributed by atoms with E-state index in [2.05, 4.69) is 12.2 Å². The van der Waals surface area contributed by atoms with Crippen molar-refractivity contribution in [3.63, 3.8) is 0 Å². The monoisotopic (exact) mass is 276 g/mol. The summed E-state index contributed by atoms with van der Waals surface area (Å²) in [5.74, 6) is 0.121. The summed E-state index contributed by atoms with van der Waals surface area (Å²) >= 11 is 0. The van der Waals surface area contributed by atoms with Crippen LogP contribution in [0.3, 0.4) is 0 Å². The van der Waals surface area contributed by atoms with Crippen molar-refractivity contribution in [2.45, 2.75) is 38.0 Å². The summed E-state index contributed by atoms with van der Waals surface area (Å²) in [6, 6.07) is 7.07. The summed E-state index contributed by atoms with van der Waals surface area (Å²) in [6.45, 7) is 3.88. The van der Waals surface area contributed by atoms with Gasteiger partial charge in [-0.2, -0.15) is 0 Å². The molecule has 1 aliphatic rings. The van der Waals surface area contributed by atoms with Crippen LogP contribution in [0, 0.1) is 6.92 Å². The van der Waals surface area contributed by atoms with Gasteiger partial charge in [-0.3, -0.25) is 0 Å². The first kappa shape index (κ1) is 14.1. The van der Waals surface area contributed by atoms with Crippen molar-refractivity contribution >= 4 is 9.84 Å². The van der Waals surface area contributed by atoms with Gasteiger partial charge in [-0.1, -0.05) is 35.4 Å². The summed E-state index contributed by atoms with van der Waals surface area (Å²) in [5.41, 5.74) is 3.22. The minimum atomic E-state index is -3.22. The van der Waals surface area contributed by atoms with Gasteiger partial charge in [0.05, 0.1) is 10.6 Å². The number of allylic oxidation sites excluding steroid dienone is 3. The highest BCUT2D eigenvalue weighted by Gasteiger charge is 2.16. The first-order valence-electron chi connectivity index (χ1n) is 6.63. The molecule has 19 heavy (non-hydrogen) atoms. The maximum atomic E-state index is 12.3. The Kier molecular flexibility index (Phi) is 4.25. The van der Waals surface area contributed by atoms with Crippen molar-refractivity contribution in [3.05, 3.63) is 53.1 Å². The van der Waals surface area contributed by atoms with Crippen LogP contribution in [0.2, 0.25) is 0 Å². The molecule has 2 nitrogen and oxygen atoms in total. The SMILES string of the molecule is C/C(CS(=O)(=O)c1ccc(C)cc1)=C1/C=CCCC1. The molecular weight excluding hydrogens is 256 g/mol. The predicted octanol–water partition coefficient (Wildman–Crippen LogP) is 3.83. The Bertz CT molecular complexity index is 605. The largest absolute Gasteiger partial charge is 0.223 e. The molecular formula is C16H20O2S. The highest BCUT2D eigenvalue weighted by molar-refractivity contribution is 7.91. The lowest BCUT2D eigenvalue weighted by atomic mass is 9.98.